The number of hydrogen-bond donors (Lipinski definition) is 3. The number of rotatable bonds is 3. The third-order valence-electron chi connectivity index (χ3n) is 3.29. The van der Waals surface area contributed by atoms with Gasteiger partial charge in [-0.25, -0.2) is 15.4 Å². The second-order valence-electron chi connectivity index (χ2n) is 4.78. The van der Waals surface area contributed by atoms with E-state index in [1.54, 1.807) is 0 Å². The first-order valence-corrected chi connectivity index (χ1v) is 6.31. The molecular weight excluding hydrogens is 295 g/mol. The van der Waals surface area contributed by atoms with Gasteiger partial charge in [0.05, 0.1) is 5.92 Å². The summed E-state index contributed by atoms with van der Waals surface area (Å²) in [5.41, 5.74) is 1.90. The summed E-state index contributed by atoms with van der Waals surface area (Å²) in [5.74, 6) is 0.620. The normalized spacial score (nSPS) is 22.3. The predicted octanol–water partition coefficient (Wildman–Crippen LogP) is 0.598. The van der Waals surface area contributed by atoms with Crippen LogP contribution in [0.3, 0.4) is 0 Å². The van der Waals surface area contributed by atoms with E-state index in [-0.39, 0.29) is 5.92 Å². The third-order valence-corrected chi connectivity index (χ3v) is 3.29. The number of amides is 2. The van der Waals surface area contributed by atoms with Gasteiger partial charge in [0.2, 0.25) is 0 Å². The number of ether oxygens (including phenoxy) is 1. The number of carbonyl (C=O) groups is 3. The summed E-state index contributed by atoms with van der Waals surface area (Å²) in [4.78, 5) is 32.9. The molecule has 1 fully saturated rings. The minimum Gasteiger partial charge on any atom is -0.386 e. The van der Waals surface area contributed by atoms with Gasteiger partial charge in [0.1, 0.15) is 0 Å². The Kier molecular flexibility index (Phi) is 5.94. The van der Waals surface area contributed by atoms with Crippen LogP contribution in [0.15, 0.2) is 0 Å². The molecule has 21 heavy (non-hydrogen) atoms. The highest BCUT2D eigenvalue weighted by Gasteiger charge is 2.43. The Morgan fingerprint density at radius 1 is 1.14 bits per heavy atom. The Morgan fingerprint density at radius 3 is 2.19 bits per heavy atom. The molecule has 2 amide bonds. The van der Waals surface area contributed by atoms with Crippen molar-refractivity contribution in [3.63, 3.8) is 0 Å². The van der Waals surface area contributed by atoms with Crippen LogP contribution in [0, 0.1) is 11.8 Å². The van der Waals surface area contributed by atoms with Crippen molar-refractivity contribution < 1.29 is 32.3 Å². The van der Waals surface area contributed by atoms with Gasteiger partial charge in [-0.3, -0.25) is 10.2 Å². The number of hydrazine groups is 1. The molecule has 7 nitrogen and oxygen atoms in total. The zero-order valence-electron chi connectivity index (χ0n) is 11.0. The zero-order chi connectivity index (χ0) is 16.0. The minimum atomic E-state index is -5.17. The van der Waals surface area contributed by atoms with Gasteiger partial charge < -0.3 is 10.1 Å². The Morgan fingerprint density at radius 2 is 1.71 bits per heavy atom. The Balaban J connectivity index is 2.34. The molecule has 1 rings (SSSR count). The SMILES string of the molecule is NNC(=O)NCC1CCC(C(=O)OC(=O)C(F)(F)F)CC1. The molecule has 1 aliphatic carbocycles. The van der Waals surface area contributed by atoms with Gasteiger partial charge in [-0.1, -0.05) is 0 Å². The average Bonchev–Trinajstić information content (AvgIpc) is 2.44. The van der Waals surface area contributed by atoms with Crippen LogP contribution in [0.25, 0.3) is 0 Å². The smallest absolute Gasteiger partial charge is 0.386 e. The van der Waals surface area contributed by atoms with Crippen molar-refractivity contribution in [1.82, 2.24) is 10.7 Å². The van der Waals surface area contributed by atoms with Crippen LogP contribution in [0.4, 0.5) is 18.0 Å². The van der Waals surface area contributed by atoms with Crippen LogP contribution in [-0.2, 0) is 14.3 Å². The number of nitrogens with two attached hydrogens (primary N) is 1. The van der Waals surface area contributed by atoms with Gasteiger partial charge in [-0.2, -0.15) is 13.2 Å². The molecule has 0 unspecified atom stereocenters. The molecule has 1 saturated carbocycles. The van der Waals surface area contributed by atoms with Gasteiger partial charge in [-0.15, -0.1) is 0 Å². The number of urea groups is 1. The number of alkyl halides is 3. The van der Waals surface area contributed by atoms with E-state index in [9.17, 15) is 27.6 Å². The van der Waals surface area contributed by atoms with E-state index in [1.807, 2.05) is 5.43 Å². The second kappa shape index (κ2) is 7.25. The van der Waals surface area contributed by atoms with Crippen molar-refractivity contribution in [2.24, 2.45) is 17.7 Å². The Bertz CT molecular complexity index is 406. The van der Waals surface area contributed by atoms with Gasteiger partial charge >= 0.3 is 24.1 Å². The lowest BCUT2D eigenvalue weighted by Crippen LogP contribution is -2.42. The quantitative estimate of drug-likeness (QED) is 0.232. The van der Waals surface area contributed by atoms with Gasteiger partial charge in [-0.05, 0) is 31.6 Å². The van der Waals surface area contributed by atoms with Crippen molar-refractivity contribution in [1.29, 1.82) is 0 Å². The van der Waals surface area contributed by atoms with Crippen molar-refractivity contribution in [2.75, 3.05) is 6.54 Å². The van der Waals surface area contributed by atoms with E-state index in [1.165, 1.54) is 0 Å². The van der Waals surface area contributed by atoms with Crippen molar-refractivity contribution in [3.8, 4) is 0 Å². The van der Waals surface area contributed by atoms with Crippen molar-refractivity contribution in [3.05, 3.63) is 0 Å². The summed E-state index contributed by atoms with van der Waals surface area (Å²) in [7, 11) is 0. The first kappa shape index (κ1) is 17.2. The van der Waals surface area contributed by atoms with Gasteiger partial charge in [0.25, 0.3) is 0 Å². The Labute approximate surface area is 118 Å². The molecule has 0 bridgehead atoms. The molecule has 0 spiro atoms. The van der Waals surface area contributed by atoms with E-state index >= 15 is 0 Å². The number of hydrogen-bond acceptors (Lipinski definition) is 5. The molecule has 1 aliphatic rings. The standard InChI is InChI=1S/C11H16F3N3O4/c12-11(13,14)9(19)21-8(18)7-3-1-6(2-4-7)5-16-10(20)17-15/h6-7H,1-5,15H2,(H2,16,17,20). The lowest BCUT2D eigenvalue weighted by Gasteiger charge is -2.27. The fourth-order valence-electron chi connectivity index (χ4n) is 2.12. The highest BCUT2D eigenvalue weighted by Crippen LogP contribution is 2.30. The predicted molar refractivity (Wildman–Crippen MR) is 63.3 cm³/mol. The monoisotopic (exact) mass is 311 g/mol. The maximum Gasteiger partial charge on any atom is 0.491 e. The summed E-state index contributed by atoms with van der Waals surface area (Å²) >= 11 is 0. The minimum absolute atomic E-state index is 0.102. The van der Waals surface area contributed by atoms with E-state index in [4.69, 9.17) is 5.84 Å². The van der Waals surface area contributed by atoms with Crippen LogP contribution in [-0.4, -0.2) is 30.7 Å². The molecule has 0 aromatic rings. The molecule has 10 heteroatoms. The molecule has 0 heterocycles. The molecule has 0 atom stereocenters. The molecule has 0 saturated heterocycles. The zero-order valence-corrected chi connectivity index (χ0v) is 11.0. The van der Waals surface area contributed by atoms with E-state index in [0.29, 0.717) is 32.2 Å². The second-order valence-corrected chi connectivity index (χ2v) is 4.78. The fraction of sp³-hybridized carbons (Fsp3) is 0.727. The van der Waals surface area contributed by atoms with Crippen LogP contribution >= 0.6 is 0 Å². The van der Waals surface area contributed by atoms with Crippen LogP contribution < -0.4 is 16.6 Å². The lowest BCUT2D eigenvalue weighted by atomic mass is 9.82. The topological polar surface area (TPSA) is 111 Å². The largest absolute Gasteiger partial charge is 0.491 e. The molecule has 4 N–H and O–H groups in total. The third kappa shape index (κ3) is 5.58. The van der Waals surface area contributed by atoms with E-state index in [2.05, 4.69) is 10.1 Å². The molecular formula is C11H16F3N3O4. The van der Waals surface area contributed by atoms with Crippen molar-refractivity contribution in [2.45, 2.75) is 31.9 Å². The number of nitrogens with one attached hydrogen (secondary N) is 2. The maximum absolute atomic E-state index is 12.0. The molecule has 0 radical (unpaired) electrons. The summed E-state index contributed by atoms with van der Waals surface area (Å²) in [6.07, 6.45) is -3.50. The molecule has 0 aromatic carbocycles. The summed E-state index contributed by atoms with van der Waals surface area (Å²) in [5, 5.41) is 2.50. The van der Waals surface area contributed by atoms with Gasteiger partial charge in [0, 0.05) is 6.54 Å². The van der Waals surface area contributed by atoms with E-state index < -0.39 is 30.1 Å². The van der Waals surface area contributed by atoms with Crippen LogP contribution in [0.2, 0.25) is 0 Å². The first-order valence-electron chi connectivity index (χ1n) is 6.31. The maximum atomic E-state index is 12.0. The van der Waals surface area contributed by atoms with Gasteiger partial charge in [0.15, 0.2) is 0 Å². The fourth-order valence-corrected chi connectivity index (χ4v) is 2.12. The lowest BCUT2D eigenvalue weighted by molar-refractivity contribution is -0.203. The molecule has 0 aromatic heterocycles. The highest BCUT2D eigenvalue weighted by molar-refractivity contribution is 5.89. The molecule has 0 aliphatic heterocycles. The highest BCUT2D eigenvalue weighted by atomic mass is 19.4. The summed E-state index contributed by atoms with van der Waals surface area (Å²) < 4.78 is 39.7. The van der Waals surface area contributed by atoms with Crippen molar-refractivity contribution >= 4 is 18.0 Å². The summed E-state index contributed by atoms with van der Waals surface area (Å²) in [6.45, 7) is 0.353. The van der Waals surface area contributed by atoms with E-state index in [0.717, 1.165) is 0 Å². The first-order chi connectivity index (χ1) is 9.74. The number of halogens is 3. The summed E-state index contributed by atoms with van der Waals surface area (Å²) in [6, 6.07) is -0.535. The van der Waals surface area contributed by atoms with Crippen LogP contribution in [0.1, 0.15) is 25.7 Å². The number of esters is 2. The average molecular weight is 311 g/mol. The Hall–Kier alpha value is -1.84. The van der Waals surface area contributed by atoms with Crippen LogP contribution in [0.5, 0.6) is 0 Å². The number of carbonyl (C=O) groups excluding carboxylic acids is 3. The molecule has 120 valence electrons.